The summed E-state index contributed by atoms with van der Waals surface area (Å²) in [5.74, 6) is -2.18. The Morgan fingerprint density at radius 2 is 1.83 bits per heavy atom. The van der Waals surface area contributed by atoms with Crippen LogP contribution < -0.4 is 4.74 Å². The Bertz CT molecular complexity index is 711. The lowest BCUT2D eigenvalue weighted by Gasteiger charge is -2.11. The van der Waals surface area contributed by atoms with Crippen molar-refractivity contribution in [3.63, 3.8) is 0 Å². The fourth-order valence-electron chi connectivity index (χ4n) is 1.98. The number of benzene rings is 2. The zero-order valence-electron chi connectivity index (χ0n) is 12.0. The molecule has 2 aromatic rings. The molecule has 0 atom stereocenters. The van der Waals surface area contributed by atoms with Crippen molar-refractivity contribution in [3.05, 3.63) is 53.8 Å². The Morgan fingerprint density at radius 1 is 1.13 bits per heavy atom. The molecule has 0 aliphatic carbocycles. The van der Waals surface area contributed by atoms with Crippen LogP contribution in [0.1, 0.15) is 17.3 Å². The first-order chi connectivity index (χ1) is 10.8. The van der Waals surface area contributed by atoms with E-state index in [2.05, 4.69) is 4.74 Å². The van der Waals surface area contributed by atoms with Gasteiger partial charge in [0.1, 0.15) is 11.6 Å². The summed E-state index contributed by atoms with van der Waals surface area (Å²) in [6.45, 7) is 1.66. The molecular formula is C16H12F4O3. The van der Waals surface area contributed by atoms with E-state index in [1.807, 2.05) is 0 Å². The molecule has 0 unspecified atom stereocenters. The third-order valence-electron chi connectivity index (χ3n) is 2.87. The molecule has 0 aromatic heterocycles. The SMILES string of the molecule is CCOC(=O)c1cccc(-c2cccc(OC(F)(F)F)c2)c1F. The number of carbonyl (C=O) groups is 1. The molecule has 7 heteroatoms. The standard InChI is InChI=1S/C16H12F4O3/c1-2-22-15(21)13-8-4-7-12(14(13)17)10-5-3-6-11(9-10)23-16(18,19)20/h3-9H,2H2,1H3. The summed E-state index contributed by atoms with van der Waals surface area (Å²) in [7, 11) is 0. The van der Waals surface area contributed by atoms with Crippen molar-refractivity contribution in [3.8, 4) is 16.9 Å². The summed E-state index contributed by atoms with van der Waals surface area (Å²) in [5, 5.41) is 0. The van der Waals surface area contributed by atoms with E-state index in [0.29, 0.717) is 0 Å². The van der Waals surface area contributed by atoms with Crippen LogP contribution in [0.4, 0.5) is 17.6 Å². The van der Waals surface area contributed by atoms with E-state index in [0.717, 1.165) is 12.1 Å². The Kier molecular flexibility index (Phi) is 4.88. The lowest BCUT2D eigenvalue weighted by atomic mass is 10.0. The van der Waals surface area contributed by atoms with Gasteiger partial charge >= 0.3 is 12.3 Å². The van der Waals surface area contributed by atoms with Gasteiger partial charge in [-0.25, -0.2) is 9.18 Å². The molecular weight excluding hydrogens is 316 g/mol. The molecule has 0 aliphatic heterocycles. The van der Waals surface area contributed by atoms with E-state index in [-0.39, 0.29) is 23.3 Å². The van der Waals surface area contributed by atoms with Crippen LogP contribution in [0.3, 0.4) is 0 Å². The Morgan fingerprint density at radius 3 is 2.48 bits per heavy atom. The second kappa shape index (κ2) is 6.68. The largest absolute Gasteiger partial charge is 0.573 e. The van der Waals surface area contributed by atoms with Gasteiger partial charge in [-0.2, -0.15) is 0 Å². The Balaban J connectivity index is 2.41. The second-order valence-electron chi connectivity index (χ2n) is 4.46. The summed E-state index contributed by atoms with van der Waals surface area (Å²) in [5.41, 5.74) is -0.162. The van der Waals surface area contributed by atoms with Crippen molar-refractivity contribution in [1.82, 2.24) is 0 Å². The van der Waals surface area contributed by atoms with Gasteiger partial charge in [0.2, 0.25) is 0 Å². The minimum absolute atomic E-state index is 0.0248. The topological polar surface area (TPSA) is 35.5 Å². The molecule has 0 heterocycles. The van der Waals surface area contributed by atoms with E-state index in [4.69, 9.17) is 4.74 Å². The molecule has 2 aromatic carbocycles. The molecule has 2 rings (SSSR count). The average Bonchev–Trinajstić information content (AvgIpc) is 2.46. The van der Waals surface area contributed by atoms with Crippen LogP contribution in [-0.2, 0) is 4.74 Å². The van der Waals surface area contributed by atoms with Gasteiger partial charge in [-0.1, -0.05) is 24.3 Å². The number of halogens is 4. The summed E-state index contributed by atoms with van der Waals surface area (Å²) < 4.78 is 59.7. The monoisotopic (exact) mass is 328 g/mol. The Labute approximate surface area is 129 Å². The number of hydrogen-bond acceptors (Lipinski definition) is 3. The van der Waals surface area contributed by atoms with Crippen LogP contribution in [-0.4, -0.2) is 18.9 Å². The van der Waals surface area contributed by atoms with Gasteiger partial charge < -0.3 is 9.47 Å². The zero-order valence-corrected chi connectivity index (χ0v) is 12.0. The highest BCUT2D eigenvalue weighted by atomic mass is 19.4. The summed E-state index contributed by atoms with van der Waals surface area (Å²) >= 11 is 0. The normalized spacial score (nSPS) is 11.2. The highest BCUT2D eigenvalue weighted by Gasteiger charge is 2.31. The summed E-state index contributed by atoms with van der Waals surface area (Å²) in [6, 6.07) is 8.87. The fourth-order valence-corrected chi connectivity index (χ4v) is 1.98. The minimum atomic E-state index is -4.84. The summed E-state index contributed by atoms with van der Waals surface area (Å²) in [6.07, 6.45) is -4.84. The maximum Gasteiger partial charge on any atom is 0.573 e. The minimum Gasteiger partial charge on any atom is -0.462 e. The van der Waals surface area contributed by atoms with Crippen LogP contribution in [0.2, 0.25) is 0 Å². The number of esters is 1. The highest BCUT2D eigenvalue weighted by Crippen LogP contribution is 2.30. The molecule has 0 spiro atoms. The van der Waals surface area contributed by atoms with Gasteiger partial charge in [0.15, 0.2) is 0 Å². The van der Waals surface area contributed by atoms with Crippen molar-refractivity contribution in [2.24, 2.45) is 0 Å². The van der Waals surface area contributed by atoms with Crippen LogP contribution in [0.5, 0.6) is 5.75 Å². The average molecular weight is 328 g/mol. The lowest BCUT2D eigenvalue weighted by Crippen LogP contribution is -2.17. The van der Waals surface area contributed by atoms with Gasteiger partial charge in [0, 0.05) is 5.56 Å². The first kappa shape index (κ1) is 16.8. The van der Waals surface area contributed by atoms with Gasteiger partial charge in [0.25, 0.3) is 0 Å². The van der Waals surface area contributed by atoms with Gasteiger partial charge in [-0.3, -0.25) is 0 Å². The van der Waals surface area contributed by atoms with Crippen molar-refractivity contribution >= 4 is 5.97 Å². The van der Waals surface area contributed by atoms with Crippen LogP contribution in [0.25, 0.3) is 11.1 Å². The molecule has 3 nitrogen and oxygen atoms in total. The molecule has 122 valence electrons. The van der Waals surface area contributed by atoms with Crippen LogP contribution in [0, 0.1) is 5.82 Å². The smallest absolute Gasteiger partial charge is 0.462 e. The zero-order chi connectivity index (χ0) is 17.0. The molecule has 0 aliphatic rings. The predicted octanol–water partition coefficient (Wildman–Crippen LogP) is 4.57. The number of carbonyl (C=O) groups excluding carboxylic acids is 1. The number of alkyl halides is 3. The summed E-state index contributed by atoms with van der Waals surface area (Å²) in [4.78, 5) is 11.7. The van der Waals surface area contributed by atoms with Gasteiger partial charge in [-0.05, 0) is 30.7 Å². The van der Waals surface area contributed by atoms with E-state index in [1.165, 1.54) is 30.3 Å². The van der Waals surface area contributed by atoms with Gasteiger partial charge in [-0.15, -0.1) is 13.2 Å². The maximum absolute atomic E-state index is 14.4. The molecule has 0 radical (unpaired) electrons. The molecule has 0 saturated carbocycles. The maximum atomic E-state index is 14.4. The third-order valence-corrected chi connectivity index (χ3v) is 2.87. The van der Waals surface area contributed by atoms with E-state index < -0.39 is 23.9 Å². The number of rotatable bonds is 4. The predicted molar refractivity (Wildman–Crippen MR) is 74.5 cm³/mol. The molecule has 0 saturated heterocycles. The van der Waals surface area contributed by atoms with Crippen LogP contribution in [0.15, 0.2) is 42.5 Å². The third kappa shape index (κ3) is 4.21. The number of hydrogen-bond donors (Lipinski definition) is 0. The molecule has 23 heavy (non-hydrogen) atoms. The van der Waals surface area contributed by atoms with E-state index >= 15 is 0 Å². The Hall–Kier alpha value is -2.57. The quantitative estimate of drug-likeness (QED) is 0.609. The van der Waals surface area contributed by atoms with E-state index in [1.54, 1.807) is 6.92 Å². The second-order valence-corrected chi connectivity index (χ2v) is 4.46. The molecule has 0 amide bonds. The molecule has 0 bridgehead atoms. The van der Waals surface area contributed by atoms with Crippen molar-refractivity contribution in [2.75, 3.05) is 6.61 Å². The lowest BCUT2D eigenvalue weighted by molar-refractivity contribution is -0.274. The fraction of sp³-hybridized carbons (Fsp3) is 0.188. The first-order valence-electron chi connectivity index (χ1n) is 6.63. The highest BCUT2D eigenvalue weighted by molar-refractivity contribution is 5.91. The first-order valence-corrected chi connectivity index (χ1v) is 6.63. The van der Waals surface area contributed by atoms with E-state index in [9.17, 15) is 22.4 Å². The molecule has 0 N–H and O–H groups in total. The van der Waals surface area contributed by atoms with Crippen molar-refractivity contribution < 1.29 is 31.8 Å². The van der Waals surface area contributed by atoms with Crippen LogP contribution >= 0.6 is 0 Å². The van der Waals surface area contributed by atoms with Crippen molar-refractivity contribution in [2.45, 2.75) is 13.3 Å². The van der Waals surface area contributed by atoms with Crippen molar-refractivity contribution in [1.29, 1.82) is 0 Å². The van der Waals surface area contributed by atoms with Gasteiger partial charge in [0.05, 0.1) is 12.2 Å². The molecule has 0 fully saturated rings. The number of ether oxygens (including phenoxy) is 2.